The monoisotopic (exact) mass is 295 g/mol. The Balaban J connectivity index is 2.15. The highest BCUT2D eigenvalue weighted by molar-refractivity contribution is 5.89. The van der Waals surface area contributed by atoms with E-state index in [1.807, 2.05) is 13.8 Å². The number of hydrogen-bond acceptors (Lipinski definition) is 3. The Kier molecular flexibility index (Phi) is 4.21. The number of aromatic nitrogens is 2. The van der Waals surface area contributed by atoms with Crippen LogP contribution in [-0.2, 0) is 6.54 Å². The van der Waals surface area contributed by atoms with E-state index in [0.29, 0.717) is 6.07 Å². The van der Waals surface area contributed by atoms with Crippen LogP contribution in [0.3, 0.4) is 0 Å². The summed E-state index contributed by atoms with van der Waals surface area (Å²) in [5, 5.41) is 15.7. The van der Waals surface area contributed by atoms with Gasteiger partial charge in [-0.25, -0.2) is 13.6 Å². The van der Waals surface area contributed by atoms with E-state index in [0.717, 1.165) is 11.6 Å². The average molecular weight is 295 g/mol. The van der Waals surface area contributed by atoms with Gasteiger partial charge in [0.15, 0.2) is 0 Å². The fourth-order valence-electron chi connectivity index (χ4n) is 1.80. The predicted octanol–water partition coefficient (Wildman–Crippen LogP) is 3.05. The predicted molar refractivity (Wildman–Crippen MR) is 73.3 cm³/mol. The highest BCUT2D eigenvalue weighted by Crippen LogP contribution is 2.20. The summed E-state index contributed by atoms with van der Waals surface area (Å²) in [4.78, 5) is 10.8. The first-order valence-corrected chi connectivity index (χ1v) is 6.37. The molecule has 1 aromatic carbocycles. The van der Waals surface area contributed by atoms with Gasteiger partial charge in [0.2, 0.25) is 0 Å². The topological polar surface area (TPSA) is 67.2 Å². The average Bonchev–Trinajstić information content (AvgIpc) is 2.86. The second-order valence-corrected chi connectivity index (χ2v) is 4.89. The summed E-state index contributed by atoms with van der Waals surface area (Å²) in [6.07, 6.45) is 3.43. The molecule has 0 fully saturated rings. The van der Waals surface area contributed by atoms with Crippen LogP contribution < -0.4 is 5.32 Å². The summed E-state index contributed by atoms with van der Waals surface area (Å²) in [6.45, 7) is 4.21. The number of rotatable bonds is 5. The third kappa shape index (κ3) is 3.36. The summed E-state index contributed by atoms with van der Waals surface area (Å²) >= 11 is 0. The van der Waals surface area contributed by atoms with Gasteiger partial charge in [-0.05, 0) is 19.9 Å². The lowest BCUT2D eigenvalue weighted by atomic mass is 10.1. The summed E-state index contributed by atoms with van der Waals surface area (Å²) in [6, 6.07) is 1.71. The van der Waals surface area contributed by atoms with Gasteiger partial charge in [0.1, 0.15) is 11.6 Å². The molecule has 0 amide bonds. The first kappa shape index (κ1) is 15.0. The SMILES string of the molecule is CC(C)n1cc(CNc2cc(C(=O)O)c(F)cc2F)cn1. The highest BCUT2D eigenvalue weighted by atomic mass is 19.1. The minimum Gasteiger partial charge on any atom is -0.478 e. The smallest absolute Gasteiger partial charge is 0.338 e. The van der Waals surface area contributed by atoms with Gasteiger partial charge in [-0.15, -0.1) is 0 Å². The number of halogens is 2. The molecule has 21 heavy (non-hydrogen) atoms. The first-order valence-electron chi connectivity index (χ1n) is 6.37. The number of carboxylic acids is 1. The molecule has 0 bridgehead atoms. The third-order valence-electron chi connectivity index (χ3n) is 2.95. The van der Waals surface area contributed by atoms with Crippen LogP contribution >= 0.6 is 0 Å². The molecule has 0 aliphatic carbocycles. The molecule has 0 atom stereocenters. The molecule has 2 rings (SSSR count). The van der Waals surface area contributed by atoms with Crippen LogP contribution in [0.2, 0.25) is 0 Å². The van der Waals surface area contributed by atoms with E-state index in [4.69, 9.17) is 5.11 Å². The molecule has 1 aromatic heterocycles. The summed E-state index contributed by atoms with van der Waals surface area (Å²) in [5.74, 6) is -3.38. The Morgan fingerprint density at radius 2 is 2.10 bits per heavy atom. The number of benzene rings is 1. The second-order valence-electron chi connectivity index (χ2n) is 4.89. The van der Waals surface area contributed by atoms with E-state index in [1.54, 1.807) is 17.1 Å². The lowest BCUT2D eigenvalue weighted by Gasteiger charge is -2.08. The maximum Gasteiger partial charge on any atom is 0.338 e. The largest absolute Gasteiger partial charge is 0.478 e. The molecule has 7 heteroatoms. The second kappa shape index (κ2) is 5.90. The van der Waals surface area contributed by atoms with Crippen molar-refractivity contribution in [1.29, 1.82) is 0 Å². The van der Waals surface area contributed by atoms with Crippen LogP contribution in [-0.4, -0.2) is 20.9 Å². The summed E-state index contributed by atoms with van der Waals surface area (Å²) in [5.41, 5.74) is 0.173. The van der Waals surface area contributed by atoms with Crippen LogP contribution in [0, 0.1) is 11.6 Å². The van der Waals surface area contributed by atoms with E-state index in [1.165, 1.54) is 0 Å². The summed E-state index contributed by atoms with van der Waals surface area (Å²) in [7, 11) is 0. The van der Waals surface area contributed by atoms with Crippen molar-refractivity contribution < 1.29 is 18.7 Å². The van der Waals surface area contributed by atoms with Gasteiger partial charge in [0, 0.05) is 30.4 Å². The zero-order chi connectivity index (χ0) is 15.6. The lowest BCUT2D eigenvalue weighted by Crippen LogP contribution is -2.06. The molecule has 0 aliphatic heterocycles. The molecule has 0 radical (unpaired) electrons. The number of nitrogens with zero attached hydrogens (tertiary/aromatic N) is 2. The first-order chi connectivity index (χ1) is 9.88. The minimum absolute atomic E-state index is 0.0638. The lowest BCUT2D eigenvalue weighted by molar-refractivity contribution is 0.0692. The van der Waals surface area contributed by atoms with Gasteiger partial charge in [0.25, 0.3) is 0 Å². The number of carboxylic acid groups (broad SMARTS) is 1. The molecule has 0 saturated carbocycles. The molecule has 112 valence electrons. The molecule has 2 N–H and O–H groups in total. The zero-order valence-corrected chi connectivity index (χ0v) is 11.6. The van der Waals surface area contributed by atoms with Gasteiger partial charge in [-0.2, -0.15) is 5.10 Å². The fourth-order valence-corrected chi connectivity index (χ4v) is 1.80. The van der Waals surface area contributed by atoms with E-state index < -0.39 is 23.2 Å². The van der Waals surface area contributed by atoms with E-state index in [-0.39, 0.29) is 18.3 Å². The molecule has 0 aliphatic rings. The van der Waals surface area contributed by atoms with Crippen molar-refractivity contribution in [2.45, 2.75) is 26.4 Å². The number of nitrogens with one attached hydrogen (secondary N) is 1. The number of aromatic carboxylic acids is 1. The summed E-state index contributed by atoms with van der Waals surface area (Å²) < 4.78 is 28.6. The van der Waals surface area contributed by atoms with Gasteiger partial charge in [-0.1, -0.05) is 0 Å². The Morgan fingerprint density at radius 1 is 1.38 bits per heavy atom. The van der Waals surface area contributed by atoms with E-state index in [2.05, 4.69) is 10.4 Å². The van der Waals surface area contributed by atoms with E-state index in [9.17, 15) is 13.6 Å². The number of hydrogen-bond donors (Lipinski definition) is 2. The molecular formula is C14H15F2N3O2. The van der Waals surface area contributed by atoms with Crippen molar-refractivity contribution in [2.24, 2.45) is 0 Å². The minimum atomic E-state index is -1.44. The van der Waals surface area contributed by atoms with Crippen LogP contribution in [0.4, 0.5) is 14.5 Å². The quantitative estimate of drug-likeness (QED) is 0.889. The van der Waals surface area contributed by atoms with Crippen molar-refractivity contribution in [3.8, 4) is 0 Å². The molecule has 0 unspecified atom stereocenters. The fraction of sp³-hybridized carbons (Fsp3) is 0.286. The molecule has 1 heterocycles. The molecule has 2 aromatic rings. The number of anilines is 1. The molecule has 0 saturated heterocycles. The van der Waals surface area contributed by atoms with Gasteiger partial charge < -0.3 is 10.4 Å². The van der Waals surface area contributed by atoms with Gasteiger partial charge in [-0.3, -0.25) is 4.68 Å². The Hall–Kier alpha value is -2.44. The maximum atomic E-state index is 13.6. The van der Waals surface area contributed by atoms with Gasteiger partial charge in [0.05, 0.1) is 17.4 Å². The van der Waals surface area contributed by atoms with Crippen molar-refractivity contribution in [2.75, 3.05) is 5.32 Å². The van der Waals surface area contributed by atoms with Crippen LogP contribution in [0.15, 0.2) is 24.5 Å². The van der Waals surface area contributed by atoms with Crippen molar-refractivity contribution in [3.05, 3.63) is 47.3 Å². The Bertz CT molecular complexity index is 668. The van der Waals surface area contributed by atoms with E-state index >= 15 is 0 Å². The normalized spacial score (nSPS) is 10.9. The number of carbonyl (C=O) groups is 1. The molecule has 5 nitrogen and oxygen atoms in total. The van der Waals surface area contributed by atoms with Crippen LogP contribution in [0.5, 0.6) is 0 Å². The maximum absolute atomic E-state index is 13.6. The Labute approximate surface area is 120 Å². The Morgan fingerprint density at radius 3 is 2.67 bits per heavy atom. The van der Waals surface area contributed by atoms with Crippen LogP contribution in [0.25, 0.3) is 0 Å². The zero-order valence-electron chi connectivity index (χ0n) is 11.6. The molecule has 0 spiro atoms. The van der Waals surface area contributed by atoms with Crippen molar-refractivity contribution in [3.63, 3.8) is 0 Å². The standard InChI is InChI=1S/C14H15F2N3O2/c1-8(2)19-7-9(6-18-19)5-17-13-3-10(14(20)21)11(15)4-12(13)16/h3-4,6-8,17H,5H2,1-2H3,(H,20,21). The highest BCUT2D eigenvalue weighted by Gasteiger charge is 2.15. The van der Waals surface area contributed by atoms with Crippen molar-refractivity contribution in [1.82, 2.24) is 9.78 Å². The van der Waals surface area contributed by atoms with Crippen LogP contribution in [0.1, 0.15) is 35.8 Å². The van der Waals surface area contributed by atoms with Crippen molar-refractivity contribution >= 4 is 11.7 Å². The molecular weight excluding hydrogens is 280 g/mol. The van der Waals surface area contributed by atoms with Gasteiger partial charge >= 0.3 is 5.97 Å². The third-order valence-corrected chi connectivity index (χ3v) is 2.95.